The van der Waals surface area contributed by atoms with Gasteiger partial charge in [0.25, 0.3) is 5.91 Å². The van der Waals surface area contributed by atoms with Gasteiger partial charge in [-0.05, 0) is 42.5 Å². The largest absolute Gasteiger partial charge is 0.358 e. The first kappa shape index (κ1) is 14.0. The van der Waals surface area contributed by atoms with Gasteiger partial charge in [0.1, 0.15) is 0 Å². The Kier molecular flexibility index (Phi) is 3.39. The summed E-state index contributed by atoms with van der Waals surface area (Å²) in [5, 5.41) is 1.30. The number of hydrogen-bond acceptors (Lipinski definition) is 2. The number of para-hydroxylation sites is 1. The van der Waals surface area contributed by atoms with Crippen molar-refractivity contribution in [1.82, 2.24) is 10.4 Å². The van der Waals surface area contributed by atoms with Crippen molar-refractivity contribution in [3.8, 4) is 0 Å². The first-order chi connectivity index (χ1) is 11.3. The molecule has 4 rings (SSSR count). The smallest absolute Gasteiger partial charge is 0.265 e. The molecule has 0 spiro atoms. The number of nitrogen functional groups attached to an aromatic ring is 1. The van der Waals surface area contributed by atoms with Crippen molar-refractivity contribution < 1.29 is 4.79 Å². The van der Waals surface area contributed by atoms with Gasteiger partial charge in [-0.1, -0.05) is 36.4 Å². The number of H-pyrrole nitrogens is 1. The molecule has 0 bridgehead atoms. The van der Waals surface area contributed by atoms with Crippen molar-refractivity contribution in [2.45, 2.75) is 25.2 Å². The lowest BCUT2D eigenvalue weighted by Crippen LogP contribution is -2.31. The summed E-state index contributed by atoms with van der Waals surface area (Å²) in [4.78, 5) is 15.7. The van der Waals surface area contributed by atoms with Crippen LogP contribution in [-0.4, -0.2) is 10.9 Å². The van der Waals surface area contributed by atoms with E-state index < -0.39 is 0 Å². The normalized spacial score (nSPS) is 17.0. The first-order valence-electron chi connectivity index (χ1n) is 7.99. The molecule has 2 aromatic carbocycles. The van der Waals surface area contributed by atoms with E-state index in [0.717, 1.165) is 24.8 Å². The van der Waals surface area contributed by atoms with E-state index in [4.69, 9.17) is 5.84 Å². The van der Waals surface area contributed by atoms with E-state index in [-0.39, 0.29) is 11.8 Å². The number of carbonyl (C=O) groups excluding carboxylic acids is 1. The fraction of sp³-hybridized carbons (Fsp3) is 0.211. The maximum absolute atomic E-state index is 12.1. The lowest BCUT2D eigenvalue weighted by atomic mass is 9.80. The number of aryl methyl sites for hydroxylation is 1. The van der Waals surface area contributed by atoms with E-state index in [1.807, 2.05) is 24.3 Å². The summed E-state index contributed by atoms with van der Waals surface area (Å²) in [6.45, 7) is 0. The zero-order valence-corrected chi connectivity index (χ0v) is 12.8. The molecule has 4 heteroatoms. The van der Waals surface area contributed by atoms with Crippen molar-refractivity contribution in [2.24, 2.45) is 5.84 Å². The monoisotopic (exact) mass is 305 g/mol. The predicted molar refractivity (Wildman–Crippen MR) is 91.2 cm³/mol. The number of carbonyl (C=O) groups is 1. The molecule has 1 aromatic heterocycles. The molecular formula is C19H19N3O. The third-order valence-corrected chi connectivity index (χ3v) is 4.83. The Morgan fingerprint density at radius 3 is 2.78 bits per heavy atom. The minimum absolute atomic E-state index is 0.208. The third kappa shape index (κ3) is 2.23. The minimum Gasteiger partial charge on any atom is -0.358 e. The van der Waals surface area contributed by atoms with Crippen molar-refractivity contribution in [3.05, 3.63) is 70.9 Å². The van der Waals surface area contributed by atoms with Crippen LogP contribution in [0.2, 0.25) is 0 Å². The van der Waals surface area contributed by atoms with E-state index in [1.54, 1.807) is 0 Å². The molecular weight excluding hydrogens is 286 g/mol. The average molecular weight is 305 g/mol. The van der Waals surface area contributed by atoms with Crippen LogP contribution in [0.3, 0.4) is 0 Å². The second-order valence-corrected chi connectivity index (χ2v) is 6.07. The second kappa shape index (κ2) is 5.56. The van der Waals surface area contributed by atoms with E-state index >= 15 is 0 Å². The Hall–Kier alpha value is -2.59. The van der Waals surface area contributed by atoms with Gasteiger partial charge >= 0.3 is 0 Å². The van der Waals surface area contributed by atoms with Crippen LogP contribution in [0.25, 0.3) is 10.9 Å². The van der Waals surface area contributed by atoms with Gasteiger partial charge in [-0.2, -0.15) is 0 Å². The summed E-state index contributed by atoms with van der Waals surface area (Å²) in [7, 11) is 0. The number of hydrogen-bond donors (Lipinski definition) is 3. The number of nitrogens with two attached hydrogens (primary N) is 1. The number of amides is 1. The number of hydrazine groups is 1. The minimum atomic E-state index is -0.233. The summed E-state index contributed by atoms with van der Waals surface area (Å²) in [6.07, 6.45) is 3.24. The molecule has 0 saturated heterocycles. The van der Waals surface area contributed by atoms with Gasteiger partial charge in [0.05, 0.1) is 0 Å². The molecule has 1 amide bonds. The highest BCUT2D eigenvalue weighted by molar-refractivity contribution is 5.95. The van der Waals surface area contributed by atoms with Gasteiger partial charge in [-0.15, -0.1) is 0 Å². The number of benzene rings is 2. The highest BCUT2D eigenvalue weighted by Gasteiger charge is 2.28. The average Bonchev–Trinajstić information content (AvgIpc) is 3.00. The van der Waals surface area contributed by atoms with Gasteiger partial charge in [-0.3, -0.25) is 10.2 Å². The zero-order valence-electron chi connectivity index (χ0n) is 12.8. The Morgan fingerprint density at radius 2 is 1.91 bits per heavy atom. The zero-order chi connectivity index (χ0) is 15.8. The third-order valence-electron chi connectivity index (χ3n) is 4.83. The van der Waals surface area contributed by atoms with Gasteiger partial charge in [-0.25, -0.2) is 5.84 Å². The molecule has 4 N–H and O–H groups in total. The highest BCUT2D eigenvalue weighted by atomic mass is 16.2. The quantitative estimate of drug-likeness (QED) is 0.386. The van der Waals surface area contributed by atoms with Crippen molar-refractivity contribution >= 4 is 16.8 Å². The molecule has 0 fully saturated rings. The molecule has 4 nitrogen and oxygen atoms in total. The number of nitrogens with one attached hydrogen (secondary N) is 2. The number of aromatic nitrogens is 1. The van der Waals surface area contributed by atoms with E-state index in [1.165, 1.54) is 22.2 Å². The Labute approximate surface area is 134 Å². The summed E-state index contributed by atoms with van der Waals surface area (Å²) in [6, 6.07) is 16.2. The maximum Gasteiger partial charge on any atom is 0.265 e. The van der Waals surface area contributed by atoms with Crippen LogP contribution in [0.4, 0.5) is 0 Å². The summed E-state index contributed by atoms with van der Waals surface area (Å²) < 4.78 is 0. The second-order valence-electron chi connectivity index (χ2n) is 6.07. The Bertz CT molecular complexity index is 881. The molecule has 1 heterocycles. The Morgan fingerprint density at radius 1 is 1.13 bits per heavy atom. The first-order valence-corrected chi connectivity index (χ1v) is 7.99. The molecule has 1 aliphatic carbocycles. The predicted octanol–water partition coefficient (Wildman–Crippen LogP) is 3.24. The fourth-order valence-electron chi connectivity index (χ4n) is 3.81. The van der Waals surface area contributed by atoms with Crippen molar-refractivity contribution in [2.75, 3.05) is 0 Å². The molecule has 3 aromatic rings. The molecule has 0 radical (unpaired) electrons. The van der Waals surface area contributed by atoms with E-state index in [0.29, 0.717) is 5.56 Å². The van der Waals surface area contributed by atoms with E-state index in [9.17, 15) is 4.79 Å². The fourth-order valence-corrected chi connectivity index (χ4v) is 3.81. The molecule has 23 heavy (non-hydrogen) atoms. The standard InChI is InChI=1S/C19H19N3O/c20-22-19(23)16-8-2-1-6-12(16)14-9-5-10-15-13-7-3-4-11-17(13)21-18(14)15/h1-4,6-8,11,14,21H,5,9-10,20H2,(H,22,23). The summed E-state index contributed by atoms with van der Waals surface area (Å²) in [5.41, 5.74) is 7.77. The van der Waals surface area contributed by atoms with Crippen LogP contribution in [0.15, 0.2) is 48.5 Å². The van der Waals surface area contributed by atoms with Crippen LogP contribution in [0.1, 0.15) is 45.9 Å². The van der Waals surface area contributed by atoms with Crippen LogP contribution in [0.5, 0.6) is 0 Å². The lowest BCUT2D eigenvalue weighted by Gasteiger charge is -2.24. The molecule has 1 atom stereocenters. The molecule has 0 saturated carbocycles. The number of aromatic amines is 1. The van der Waals surface area contributed by atoms with E-state index in [2.05, 4.69) is 34.7 Å². The molecule has 0 aliphatic heterocycles. The molecule has 116 valence electrons. The van der Waals surface area contributed by atoms with Gasteiger partial charge < -0.3 is 4.98 Å². The van der Waals surface area contributed by atoms with Crippen molar-refractivity contribution in [3.63, 3.8) is 0 Å². The molecule has 1 unspecified atom stereocenters. The van der Waals surface area contributed by atoms with Crippen LogP contribution < -0.4 is 11.3 Å². The summed E-state index contributed by atoms with van der Waals surface area (Å²) >= 11 is 0. The molecule has 1 aliphatic rings. The van der Waals surface area contributed by atoms with Gasteiger partial charge in [0.15, 0.2) is 0 Å². The van der Waals surface area contributed by atoms with Crippen molar-refractivity contribution in [1.29, 1.82) is 0 Å². The van der Waals surface area contributed by atoms with Crippen LogP contribution >= 0.6 is 0 Å². The summed E-state index contributed by atoms with van der Waals surface area (Å²) in [5.74, 6) is 5.33. The lowest BCUT2D eigenvalue weighted by molar-refractivity contribution is 0.0952. The number of rotatable bonds is 2. The maximum atomic E-state index is 12.1. The SMILES string of the molecule is NNC(=O)c1ccccc1C1CCCc2c1[nH]c1ccccc21. The Balaban J connectivity index is 1.89. The topological polar surface area (TPSA) is 70.9 Å². The van der Waals surface area contributed by atoms with Crippen LogP contribution in [-0.2, 0) is 6.42 Å². The highest BCUT2D eigenvalue weighted by Crippen LogP contribution is 2.40. The number of fused-ring (bicyclic) bond motifs is 3. The van der Waals surface area contributed by atoms with Gasteiger partial charge in [0, 0.05) is 28.1 Å². The van der Waals surface area contributed by atoms with Crippen LogP contribution in [0, 0.1) is 0 Å². The van der Waals surface area contributed by atoms with Gasteiger partial charge in [0.2, 0.25) is 0 Å².